The third kappa shape index (κ3) is 2.88. The van der Waals surface area contributed by atoms with Crippen molar-refractivity contribution in [1.82, 2.24) is 19.1 Å². The number of halogens is 1. The average Bonchev–Trinajstić information content (AvgIpc) is 3.31. The first-order valence-corrected chi connectivity index (χ1v) is 10.2. The van der Waals surface area contributed by atoms with Gasteiger partial charge in [-0.3, -0.25) is 9.36 Å². The molecule has 0 radical (unpaired) electrons. The van der Waals surface area contributed by atoms with Crippen LogP contribution in [0.3, 0.4) is 0 Å². The van der Waals surface area contributed by atoms with E-state index in [0.717, 1.165) is 33.1 Å². The number of thiophene rings is 1. The van der Waals surface area contributed by atoms with Crippen LogP contribution in [0.1, 0.15) is 0 Å². The second-order valence-corrected chi connectivity index (χ2v) is 8.34. The quantitative estimate of drug-likeness (QED) is 0.440. The van der Waals surface area contributed by atoms with Gasteiger partial charge >= 0.3 is 0 Å². The topological polar surface area (TPSA) is 56.0 Å². The summed E-state index contributed by atoms with van der Waals surface area (Å²) in [4.78, 5) is 25.1. The molecule has 0 saturated carbocycles. The van der Waals surface area contributed by atoms with Crippen molar-refractivity contribution >= 4 is 38.5 Å². The smallest absolute Gasteiger partial charge is 0.275 e. The molecule has 0 aliphatic heterocycles. The molecule has 0 saturated heterocycles. The van der Waals surface area contributed by atoms with E-state index in [0.29, 0.717) is 10.2 Å². The number of hydrogen-bond donors (Lipinski definition) is 0. The maximum atomic E-state index is 13.2. The van der Waals surface area contributed by atoms with Crippen LogP contribution in [0.4, 0.5) is 10.3 Å². The minimum atomic E-state index is -0.289. The van der Waals surface area contributed by atoms with Gasteiger partial charge in [0.15, 0.2) is 0 Å². The number of fused-ring (bicyclic) bond motifs is 2. The second kappa shape index (κ2) is 6.77. The van der Waals surface area contributed by atoms with Gasteiger partial charge in [0, 0.05) is 26.0 Å². The second-order valence-electron chi connectivity index (χ2n) is 7.29. The van der Waals surface area contributed by atoms with Gasteiger partial charge in [-0.2, -0.15) is 0 Å². The van der Waals surface area contributed by atoms with Crippen LogP contribution in [0.2, 0.25) is 0 Å². The van der Waals surface area contributed by atoms with Crippen molar-refractivity contribution in [3.8, 4) is 16.1 Å². The van der Waals surface area contributed by atoms with Crippen molar-refractivity contribution < 1.29 is 4.39 Å². The zero-order chi connectivity index (χ0) is 21.0. The number of aryl methyl sites for hydroxylation is 1. The molecule has 0 spiro atoms. The lowest BCUT2D eigenvalue weighted by Gasteiger charge is -2.11. The Hall–Kier alpha value is -3.52. The Bertz CT molecular complexity index is 1460. The predicted molar refractivity (Wildman–Crippen MR) is 119 cm³/mol. The minimum Gasteiger partial charge on any atom is -0.348 e. The molecule has 6 nitrogen and oxygen atoms in total. The van der Waals surface area contributed by atoms with Crippen LogP contribution < -0.4 is 10.5 Å². The molecule has 0 aliphatic carbocycles. The molecule has 150 valence electrons. The normalized spacial score (nSPS) is 11.5. The van der Waals surface area contributed by atoms with Crippen molar-refractivity contribution in [2.24, 2.45) is 7.05 Å². The summed E-state index contributed by atoms with van der Waals surface area (Å²) in [5.41, 5.74) is 3.89. The Morgan fingerprint density at radius 1 is 1.03 bits per heavy atom. The first-order valence-electron chi connectivity index (χ1n) is 9.33. The van der Waals surface area contributed by atoms with Crippen molar-refractivity contribution in [3.63, 3.8) is 0 Å². The summed E-state index contributed by atoms with van der Waals surface area (Å²) in [6, 6.07) is 13.8. The van der Waals surface area contributed by atoms with Crippen molar-refractivity contribution in [2.75, 3.05) is 19.0 Å². The number of imidazole rings is 1. The summed E-state index contributed by atoms with van der Waals surface area (Å²) < 4.78 is 17.3. The Morgan fingerprint density at radius 3 is 2.53 bits per heavy atom. The summed E-state index contributed by atoms with van der Waals surface area (Å²) in [5.74, 6) is 0.550. The lowest BCUT2D eigenvalue weighted by Crippen LogP contribution is -2.17. The highest BCUT2D eigenvalue weighted by Crippen LogP contribution is 2.31. The van der Waals surface area contributed by atoms with Crippen molar-refractivity contribution in [2.45, 2.75) is 0 Å². The van der Waals surface area contributed by atoms with E-state index in [1.165, 1.54) is 23.5 Å². The maximum Gasteiger partial charge on any atom is 0.275 e. The summed E-state index contributed by atoms with van der Waals surface area (Å²) in [5, 5.41) is 0. The van der Waals surface area contributed by atoms with Crippen LogP contribution in [-0.4, -0.2) is 33.2 Å². The lowest BCUT2D eigenvalue weighted by atomic mass is 10.2. The number of hydrogen-bond acceptors (Lipinski definition) is 5. The van der Waals surface area contributed by atoms with Crippen LogP contribution in [0.15, 0.2) is 59.7 Å². The predicted octanol–water partition coefficient (Wildman–Crippen LogP) is 4.21. The summed E-state index contributed by atoms with van der Waals surface area (Å²) >= 11 is 1.36. The SMILES string of the molecule is CN(C)c1nc2ccc(-n3cnc4cc(-c5ccc(F)cc5)sc4c3=O)cc2n1C. The molecule has 0 bridgehead atoms. The molecule has 30 heavy (non-hydrogen) atoms. The highest BCUT2D eigenvalue weighted by Gasteiger charge is 2.14. The van der Waals surface area contributed by atoms with Gasteiger partial charge < -0.3 is 9.47 Å². The number of anilines is 1. The molecule has 2 aromatic carbocycles. The fourth-order valence-corrected chi connectivity index (χ4v) is 4.61. The number of nitrogens with zero attached hydrogens (tertiary/aromatic N) is 5. The van der Waals surface area contributed by atoms with Gasteiger partial charge in [-0.1, -0.05) is 12.1 Å². The molecule has 0 atom stereocenters. The van der Waals surface area contributed by atoms with E-state index < -0.39 is 0 Å². The molecular formula is C22H18FN5OS. The molecule has 0 fully saturated rings. The van der Waals surface area contributed by atoms with E-state index in [9.17, 15) is 9.18 Å². The van der Waals surface area contributed by atoms with Crippen LogP contribution in [0.25, 0.3) is 37.4 Å². The van der Waals surface area contributed by atoms with E-state index in [-0.39, 0.29) is 11.4 Å². The molecule has 5 rings (SSSR count). The van der Waals surface area contributed by atoms with Gasteiger partial charge in [0.1, 0.15) is 16.8 Å². The summed E-state index contributed by atoms with van der Waals surface area (Å²) in [6.45, 7) is 0. The third-order valence-electron chi connectivity index (χ3n) is 5.09. The lowest BCUT2D eigenvalue weighted by molar-refractivity contribution is 0.628. The van der Waals surface area contributed by atoms with E-state index in [4.69, 9.17) is 0 Å². The van der Waals surface area contributed by atoms with Gasteiger partial charge in [0.2, 0.25) is 5.95 Å². The van der Waals surface area contributed by atoms with Gasteiger partial charge in [0.25, 0.3) is 5.56 Å². The average molecular weight is 419 g/mol. The van der Waals surface area contributed by atoms with Gasteiger partial charge in [-0.05, 0) is 42.0 Å². The van der Waals surface area contributed by atoms with Crippen LogP contribution >= 0.6 is 11.3 Å². The highest BCUT2D eigenvalue weighted by atomic mass is 32.1. The Kier molecular flexibility index (Phi) is 4.18. The molecule has 3 aromatic heterocycles. The number of benzene rings is 2. The van der Waals surface area contributed by atoms with Crippen molar-refractivity contribution in [1.29, 1.82) is 0 Å². The fraction of sp³-hybridized carbons (Fsp3) is 0.136. The summed E-state index contributed by atoms with van der Waals surface area (Å²) in [6.07, 6.45) is 1.55. The van der Waals surface area contributed by atoms with Gasteiger partial charge in [-0.15, -0.1) is 11.3 Å². The van der Waals surface area contributed by atoms with Crippen molar-refractivity contribution in [3.05, 3.63) is 71.0 Å². The standard InChI is InChI=1S/C22H18FN5OS/c1-26(2)22-25-16-9-8-15(10-18(16)27(22)3)28-12-24-17-11-19(30-20(17)21(28)29)13-4-6-14(23)7-5-13/h4-12H,1-3H3. The molecule has 8 heteroatoms. The van der Waals surface area contributed by atoms with E-state index in [2.05, 4.69) is 9.97 Å². The fourth-order valence-electron chi connectivity index (χ4n) is 3.57. The maximum absolute atomic E-state index is 13.2. The van der Waals surface area contributed by atoms with E-state index in [1.807, 2.05) is 54.9 Å². The van der Waals surface area contributed by atoms with Crippen LogP contribution in [0.5, 0.6) is 0 Å². The Labute approximate surface area is 175 Å². The zero-order valence-corrected chi connectivity index (χ0v) is 17.4. The third-order valence-corrected chi connectivity index (χ3v) is 6.25. The first kappa shape index (κ1) is 18.5. The van der Waals surface area contributed by atoms with Gasteiger partial charge in [-0.25, -0.2) is 14.4 Å². The molecule has 0 aliphatic rings. The first-order chi connectivity index (χ1) is 14.4. The zero-order valence-electron chi connectivity index (χ0n) is 16.6. The largest absolute Gasteiger partial charge is 0.348 e. The molecule has 0 unspecified atom stereocenters. The van der Waals surface area contributed by atoms with Gasteiger partial charge in [0.05, 0.1) is 22.2 Å². The Morgan fingerprint density at radius 2 is 1.80 bits per heavy atom. The molecule has 3 heterocycles. The number of rotatable bonds is 3. The summed E-state index contributed by atoms with van der Waals surface area (Å²) in [7, 11) is 5.84. The molecular weight excluding hydrogens is 401 g/mol. The van der Waals surface area contributed by atoms with Crippen LogP contribution in [-0.2, 0) is 7.05 Å². The number of aromatic nitrogens is 4. The van der Waals surface area contributed by atoms with E-state index >= 15 is 0 Å². The van der Waals surface area contributed by atoms with E-state index in [1.54, 1.807) is 23.0 Å². The monoisotopic (exact) mass is 419 g/mol. The molecule has 5 aromatic rings. The highest BCUT2D eigenvalue weighted by molar-refractivity contribution is 7.22. The molecule has 0 N–H and O–H groups in total. The minimum absolute atomic E-state index is 0.132. The Balaban J connectivity index is 1.64. The van der Waals surface area contributed by atoms with Crippen LogP contribution in [0, 0.1) is 5.82 Å². The molecule has 0 amide bonds.